The van der Waals surface area contributed by atoms with Gasteiger partial charge in [0.05, 0.1) is 39.6 Å². The highest BCUT2D eigenvalue weighted by Gasteiger charge is 2.63. The molecule has 65 heavy (non-hydrogen) atoms. The van der Waals surface area contributed by atoms with Gasteiger partial charge in [-0.1, -0.05) is 0 Å². The monoisotopic (exact) mass is 954 g/mol. The lowest BCUT2D eigenvalue weighted by atomic mass is 9.95. The van der Waals surface area contributed by atoms with E-state index in [0.717, 1.165) is 0 Å². The van der Waals surface area contributed by atoms with Gasteiger partial charge < -0.3 is 143 Å². The Kier molecular flexibility index (Phi) is 16.0. The maximum Gasteiger partial charge on any atom is 0.187 e. The highest BCUT2D eigenvalue weighted by Crippen LogP contribution is 2.43. The highest BCUT2D eigenvalue weighted by atomic mass is 16.8. The second-order valence-electron chi connectivity index (χ2n) is 16.9. The molecule has 30 atom stereocenters. The van der Waals surface area contributed by atoms with Crippen molar-refractivity contribution in [3.63, 3.8) is 0 Å². The summed E-state index contributed by atoms with van der Waals surface area (Å²) in [5.41, 5.74) is 0. The Morgan fingerprint density at radius 3 is 0.631 bits per heavy atom. The van der Waals surface area contributed by atoms with Gasteiger partial charge in [0, 0.05) is 0 Å². The number of aliphatic hydroxyl groups is 16. The first-order valence-electron chi connectivity index (χ1n) is 21.1. The van der Waals surface area contributed by atoms with E-state index in [4.69, 9.17) is 61.6 Å². The minimum absolute atomic E-state index is 0.774. The second-order valence-corrected chi connectivity index (χ2v) is 16.9. The van der Waals surface area contributed by atoms with Crippen molar-refractivity contribution in [1.82, 2.24) is 0 Å². The molecule has 23 aliphatic heterocycles. The molecule has 0 spiro atoms. The Morgan fingerprint density at radius 2 is 0.385 bits per heavy atom. The predicted octanol–water partition coefficient (Wildman–Crippen LogP) is -12.0. The molecule has 0 aliphatic carbocycles. The molecule has 16 N–H and O–H groups in total. The zero-order chi connectivity index (χ0) is 46.8. The molecule has 0 radical (unpaired) electrons. The molecule has 0 unspecified atom stereocenters. The van der Waals surface area contributed by atoms with Gasteiger partial charge in [-0.2, -0.15) is 0 Å². The van der Waals surface area contributed by atoms with Crippen LogP contribution in [-0.4, -0.2) is 306 Å². The van der Waals surface area contributed by atoms with E-state index in [1.165, 1.54) is 0 Å². The van der Waals surface area contributed by atoms with Gasteiger partial charge in [0.2, 0.25) is 0 Å². The van der Waals surface area contributed by atoms with Crippen LogP contribution in [0.3, 0.4) is 0 Å². The van der Waals surface area contributed by atoms with E-state index in [0.29, 0.717) is 0 Å². The molecule has 23 fully saturated rings. The number of aliphatic hydroxyl groups excluding tert-OH is 16. The molecular weight excluding hydrogens is 896 g/mol. The molecule has 0 amide bonds. The van der Waals surface area contributed by atoms with Crippen LogP contribution in [0.25, 0.3) is 0 Å². The molecule has 23 saturated heterocycles. The molecule has 29 heteroatoms. The van der Waals surface area contributed by atoms with E-state index in [1.54, 1.807) is 0 Å². The van der Waals surface area contributed by atoms with Crippen molar-refractivity contribution in [3.05, 3.63) is 0 Å². The quantitative estimate of drug-likeness (QED) is 0.110. The second kappa shape index (κ2) is 20.7. The highest BCUT2D eigenvalue weighted by molar-refractivity contribution is 5.05. The third-order valence-electron chi connectivity index (χ3n) is 12.9. The average Bonchev–Trinajstić information content (AvgIpc) is 4.11. The summed E-state index contributed by atoms with van der Waals surface area (Å²) in [5, 5.41) is 174. The third-order valence-corrected chi connectivity index (χ3v) is 12.9. The summed E-state index contributed by atoms with van der Waals surface area (Å²) in [5.74, 6) is 0. The van der Waals surface area contributed by atoms with Gasteiger partial charge in [-0.25, -0.2) is 0 Å². The number of hydrogen-bond acceptors (Lipinski definition) is 29. The van der Waals surface area contributed by atoms with Crippen molar-refractivity contribution < 1.29 is 143 Å². The van der Waals surface area contributed by atoms with Crippen LogP contribution in [0.15, 0.2) is 0 Å². The van der Waals surface area contributed by atoms with Gasteiger partial charge in [-0.3, -0.25) is 0 Å². The minimum Gasteiger partial charge on any atom is -0.394 e. The van der Waals surface area contributed by atoms with Crippen molar-refractivity contribution in [3.8, 4) is 0 Å². The Balaban J connectivity index is 1.08. The van der Waals surface area contributed by atoms with E-state index in [9.17, 15) is 81.7 Å². The van der Waals surface area contributed by atoms with Crippen LogP contribution < -0.4 is 0 Å². The van der Waals surface area contributed by atoms with Crippen molar-refractivity contribution in [1.29, 1.82) is 0 Å². The minimum atomic E-state index is -2.12. The van der Waals surface area contributed by atoms with Gasteiger partial charge in [0.25, 0.3) is 0 Å². The van der Waals surface area contributed by atoms with Crippen LogP contribution in [0.4, 0.5) is 0 Å². The zero-order valence-electron chi connectivity index (χ0n) is 34.0. The van der Waals surface area contributed by atoms with Crippen LogP contribution >= 0.6 is 0 Å². The van der Waals surface area contributed by atoms with Crippen LogP contribution in [0, 0.1) is 0 Å². The summed E-state index contributed by atoms with van der Waals surface area (Å²) >= 11 is 0. The molecule has 23 rings (SSSR count). The van der Waals surface area contributed by atoms with Crippen molar-refractivity contribution in [2.24, 2.45) is 0 Å². The first-order chi connectivity index (χ1) is 31.1. The molecule has 23 heterocycles. The fourth-order valence-electron chi connectivity index (χ4n) is 9.17. The summed E-state index contributed by atoms with van der Waals surface area (Å²) in [6, 6.07) is 0. The van der Waals surface area contributed by atoms with Gasteiger partial charge in [0.1, 0.15) is 146 Å². The zero-order valence-corrected chi connectivity index (χ0v) is 34.0. The smallest absolute Gasteiger partial charge is 0.187 e. The Labute approximate surface area is 367 Å². The molecule has 0 aromatic heterocycles. The first-order valence-corrected chi connectivity index (χ1v) is 21.1. The molecular formula is C36H58O29. The fraction of sp³-hybridized carbons (Fsp3) is 1.00. The van der Waals surface area contributed by atoms with E-state index >= 15 is 0 Å². The Bertz CT molecular complexity index is 1530. The molecule has 376 valence electrons. The topological polar surface area (TPSA) is 447 Å². The summed E-state index contributed by atoms with van der Waals surface area (Å²) in [4.78, 5) is 0. The van der Waals surface area contributed by atoms with Gasteiger partial charge in [-0.15, -0.1) is 0 Å². The lowest BCUT2D eigenvalue weighted by Crippen LogP contribution is -2.68. The van der Waals surface area contributed by atoms with Crippen LogP contribution in [0.1, 0.15) is 0 Å². The van der Waals surface area contributed by atoms with Crippen LogP contribution in [0.2, 0.25) is 0 Å². The average molecular weight is 955 g/mol. The van der Waals surface area contributed by atoms with Gasteiger partial charge in [0.15, 0.2) is 37.7 Å². The lowest BCUT2D eigenvalue weighted by Gasteiger charge is -2.50. The maximum absolute atomic E-state index is 11.3. The molecule has 29 nitrogen and oxygen atoms in total. The lowest BCUT2D eigenvalue weighted by molar-refractivity contribution is -0.397. The van der Waals surface area contributed by atoms with Gasteiger partial charge in [-0.05, 0) is 0 Å². The SMILES string of the molecule is OC[C@H]1O[C@@H]2O[C@H]3[C@H](O)[C@@H](O)[C@@H](O[C@H]4[C@H](O)[C@@H](O)[C@@H](O[C@H]5[C@@H]6O[C@@H]6[C@@H](O[C@H]6[C@H](O)[C@@H](O)[C@@H](O[C@H]7[C@H](O)[C@@H](O)[C@@H](O[C@H]1[C@H](O)[C@H]2O)O[C@@H]7CO)O[C@@H]6CO)O[C@@H]5CO)O[C@@H]4CO)O[C@@H]3CO. The fourth-order valence-corrected chi connectivity index (χ4v) is 9.17. The van der Waals surface area contributed by atoms with E-state index in [-0.39, 0.29) is 0 Å². The predicted molar refractivity (Wildman–Crippen MR) is 192 cm³/mol. The standard InChI is InChI=1S/C36H58O29/c37-1-7-23-13(43)18(48)31(53-7)61-24-8(2-38)55-33(20(50)14(24)44)63-26-10(4-40)57-35(22(52)16(26)46)65-28-12(6-42)58-36(30-29(28)59-30)64-27-11(5-41)56-34(21(51)17(27)47)62-25-9(3-39)54-32(60-23)19(49)15(25)45/h7-52H,1-6H2/t7-,8-,9-,10-,11-,12-,13-,14-,15-,16-,17-,18-,19-,20-,21-,22-,23-,24-,25-,26-,27-,28-,29+,30+,31-,32-,33-,34-,35-,36-/m1/s1. The van der Waals surface area contributed by atoms with Crippen molar-refractivity contribution >= 4 is 0 Å². The molecule has 0 aromatic rings. The Morgan fingerprint density at radius 1 is 0.185 bits per heavy atom. The first kappa shape index (κ1) is 50.2. The van der Waals surface area contributed by atoms with E-state index in [2.05, 4.69) is 0 Å². The van der Waals surface area contributed by atoms with Crippen molar-refractivity contribution in [2.75, 3.05) is 39.6 Å². The number of hydrogen-bond donors (Lipinski definition) is 16. The normalized spacial score (nSPS) is 56.5. The van der Waals surface area contributed by atoms with Gasteiger partial charge >= 0.3 is 0 Å². The third kappa shape index (κ3) is 9.46. The maximum atomic E-state index is 11.3. The largest absolute Gasteiger partial charge is 0.394 e. The summed E-state index contributed by atoms with van der Waals surface area (Å²) < 4.78 is 74.8. The molecule has 23 aliphatic rings. The Hall–Kier alpha value is -1.16. The summed E-state index contributed by atoms with van der Waals surface area (Å²) in [6.07, 6.45) is -52.6. The van der Waals surface area contributed by atoms with Crippen LogP contribution in [-0.2, 0) is 61.6 Å². The van der Waals surface area contributed by atoms with E-state index in [1.807, 2.05) is 0 Å². The summed E-state index contributed by atoms with van der Waals surface area (Å²) in [6.45, 7) is -5.45. The number of rotatable bonds is 6. The van der Waals surface area contributed by atoms with E-state index < -0.39 is 224 Å². The summed E-state index contributed by atoms with van der Waals surface area (Å²) in [7, 11) is 0. The van der Waals surface area contributed by atoms with Crippen LogP contribution in [0.5, 0.6) is 0 Å². The molecule has 0 saturated carbocycles. The van der Waals surface area contributed by atoms with Crippen molar-refractivity contribution in [2.45, 2.75) is 184 Å². The molecule has 0 aromatic carbocycles. The number of ether oxygens (including phenoxy) is 13. The molecule has 12 bridgehead atoms. The number of epoxide rings is 1.